The van der Waals surface area contributed by atoms with Crippen LogP contribution in [0.2, 0.25) is 0 Å². The van der Waals surface area contributed by atoms with Crippen LogP contribution in [0.3, 0.4) is 0 Å². The van der Waals surface area contributed by atoms with Gasteiger partial charge < -0.3 is 10.2 Å². The maximum atomic E-state index is 13.6. The van der Waals surface area contributed by atoms with Gasteiger partial charge in [-0.05, 0) is 51.3 Å². The van der Waals surface area contributed by atoms with Crippen molar-refractivity contribution in [3.8, 4) is 0 Å². The average Bonchev–Trinajstić information content (AvgIpc) is 3.28. The number of carbonyl (C=O) groups excluding carboxylic acids is 2. The van der Waals surface area contributed by atoms with Crippen molar-refractivity contribution in [2.24, 2.45) is 0 Å². The smallest absolute Gasteiger partial charge is 0.244 e. The standard InChI is InChI=1S/C26H35N3O4S/c1-19-12-14-24(15-13-19)29(34(4,32)33)18-25(30)28(17-22-9-7-8-20(2)16-22)21(3)26(31)27-23-10-5-6-11-23/h7-9,12-16,21,23H,5-6,10-11,17-18H2,1-4H3,(H,27,31)/t21-/m1/s1. The summed E-state index contributed by atoms with van der Waals surface area (Å²) in [5.41, 5.74) is 3.34. The number of rotatable bonds is 9. The number of hydrogen-bond acceptors (Lipinski definition) is 4. The number of benzene rings is 2. The van der Waals surface area contributed by atoms with Crippen molar-refractivity contribution in [1.82, 2.24) is 10.2 Å². The van der Waals surface area contributed by atoms with Gasteiger partial charge in [-0.3, -0.25) is 13.9 Å². The molecule has 0 heterocycles. The van der Waals surface area contributed by atoms with E-state index in [-0.39, 0.29) is 25.0 Å². The number of sulfonamides is 1. The minimum absolute atomic E-state index is 0.131. The monoisotopic (exact) mass is 485 g/mol. The number of carbonyl (C=O) groups is 2. The Bertz CT molecular complexity index is 1110. The van der Waals surface area contributed by atoms with Crippen LogP contribution >= 0.6 is 0 Å². The van der Waals surface area contributed by atoms with E-state index in [4.69, 9.17) is 0 Å². The minimum Gasteiger partial charge on any atom is -0.352 e. The normalized spacial score (nSPS) is 15.1. The first-order chi connectivity index (χ1) is 16.0. The zero-order valence-corrected chi connectivity index (χ0v) is 21.3. The molecule has 1 fully saturated rings. The zero-order valence-electron chi connectivity index (χ0n) is 20.5. The number of aryl methyl sites for hydroxylation is 2. The molecule has 0 aliphatic heterocycles. The van der Waals surface area contributed by atoms with E-state index in [0.29, 0.717) is 5.69 Å². The molecule has 1 N–H and O–H groups in total. The number of anilines is 1. The summed E-state index contributed by atoms with van der Waals surface area (Å²) in [5, 5.41) is 3.07. The largest absolute Gasteiger partial charge is 0.352 e. The third-order valence-corrected chi connectivity index (χ3v) is 7.45. The lowest BCUT2D eigenvalue weighted by Gasteiger charge is -2.32. The second-order valence-corrected chi connectivity index (χ2v) is 11.2. The summed E-state index contributed by atoms with van der Waals surface area (Å²) in [6, 6.07) is 14.1. The Hall–Kier alpha value is -2.87. The van der Waals surface area contributed by atoms with Crippen LogP contribution in [-0.4, -0.2) is 50.0 Å². The van der Waals surface area contributed by atoms with Gasteiger partial charge in [0.1, 0.15) is 12.6 Å². The minimum atomic E-state index is -3.72. The van der Waals surface area contributed by atoms with Crippen LogP contribution in [-0.2, 0) is 26.2 Å². The predicted octanol–water partition coefficient (Wildman–Crippen LogP) is 3.55. The summed E-state index contributed by atoms with van der Waals surface area (Å²) in [6.45, 7) is 5.41. The molecule has 1 aliphatic rings. The van der Waals surface area contributed by atoms with Gasteiger partial charge in [0.2, 0.25) is 21.8 Å². The van der Waals surface area contributed by atoms with Crippen molar-refractivity contribution in [3.63, 3.8) is 0 Å². The highest BCUT2D eigenvalue weighted by molar-refractivity contribution is 7.92. The average molecular weight is 486 g/mol. The van der Waals surface area contributed by atoms with E-state index in [1.807, 2.05) is 38.1 Å². The molecule has 34 heavy (non-hydrogen) atoms. The van der Waals surface area contributed by atoms with E-state index in [1.165, 1.54) is 4.90 Å². The van der Waals surface area contributed by atoms with E-state index < -0.39 is 22.0 Å². The first kappa shape index (κ1) is 25.7. The molecule has 184 valence electrons. The van der Waals surface area contributed by atoms with E-state index in [1.54, 1.807) is 31.2 Å². The third kappa shape index (κ3) is 6.82. The first-order valence-electron chi connectivity index (χ1n) is 11.7. The lowest BCUT2D eigenvalue weighted by Crippen LogP contribution is -2.52. The molecule has 1 aliphatic carbocycles. The molecule has 2 aromatic rings. The highest BCUT2D eigenvalue weighted by Gasteiger charge is 2.31. The summed E-state index contributed by atoms with van der Waals surface area (Å²) in [5.74, 6) is -0.643. The maximum Gasteiger partial charge on any atom is 0.244 e. The van der Waals surface area contributed by atoms with Crippen LogP contribution in [0.1, 0.15) is 49.3 Å². The summed E-state index contributed by atoms with van der Waals surface area (Å²) in [7, 11) is -3.72. The lowest BCUT2D eigenvalue weighted by atomic mass is 10.1. The maximum absolute atomic E-state index is 13.6. The fourth-order valence-corrected chi connectivity index (χ4v) is 5.16. The number of nitrogens with one attached hydrogen (secondary N) is 1. The number of nitrogens with zero attached hydrogens (tertiary/aromatic N) is 2. The molecule has 7 nitrogen and oxygen atoms in total. The van der Waals surface area contributed by atoms with Crippen LogP contribution in [0, 0.1) is 13.8 Å². The summed E-state index contributed by atoms with van der Waals surface area (Å²) >= 11 is 0. The topological polar surface area (TPSA) is 86.8 Å². The fraction of sp³-hybridized carbons (Fsp3) is 0.462. The summed E-state index contributed by atoms with van der Waals surface area (Å²) < 4.78 is 26.3. The van der Waals surface area contributed by atoms with Crippen LogP contribution in [0.15, 0.2) is 48.5 Å². The van der Waals surface area contributed by atoms with Gasteiger partial charge >= 0.3 is 0 Å². The molecular formula is C26H35N3O4S. The summed E-state index contributed by atoms with van der Waals surface area (Å²) in [6.07, 6.45) is 5.15. The molecule has 1 saturated carbocycles. The molecule has 0 unspecified atom stereocenters. The Kier molecular flexibility index (Phi) is 8.36. The van der Waals surface area contributed by atoms with Crippen molar-refractivity contribution < 1.29 is 18.0 Å². The summed E-state index contributed by atoms with van der Waals surface area (Å²) in [4.78, 5) is 28.1. The van der Waals surface area contributed by atoms with Gasteiger partial charge in [-0.1, -0.05) is 60.4 Å². The second kappa shape index (κ2) is 11.0. The van der Waals surface area contributed by atoms with Crippen molar-refractivity contribution in [3.05, 3.63) is 65.2 Å². The van der Waals surface area contributed by atoms with Gasteiger partial charge in [-0.15, -0.1) is 0 Å². The van der Waals surface area contributed by atoms with Crippen molar-refractivity contribution in [2.75, 3.05) is 17.1 Å². The van der Waals surface area contributed by atoms with E-state index >= 15 is 0 Å². The van der Waals surface area contributed by atoms with E-state index in [9.17, 15) is 18.0 Å². The number of amides is 2. The molecule has 3 rings (SSSR count). The third-order valence-electron chi connectivity index (χ3n) is 6.31. The molecule has 2 aromatic carbocycles. The quantitative estimate of drug-likeness (QED) is 0.589. The Morgan fingerprint density at radius 1 is 1.03 bits per heavy atom. The molecular weight excluding hydrogens is 450 g/mol. The zero-order chi connectivity index (χ0) is 24.9. The highest BCUT2D eigenvalue weighted by Crippen LogP contribution is 2.21. The predicted molar refractivity (Wildman–Crippen MR) is 135 cm³/mol. The van der Waals surface area contributed by atoms with Crippen LogP contribution in [0.5, 0.6) is 0 Å². The molecule has 0 spiro atoms. The van der Waals surface area contributed by atoms with Crippen LogP contribution in [0.4, 0.5) is 5.69 Å². The molecule has 0 bridgehead atoms. The molecule has 2 amide bonds. The fourth-order valence-electron chi connectivity index (χ4n) is 4.31. The van der Waals surface area contributed by atoms with Crippen LogP contribution in [0.25, 0.3) is 0 Å². The van der Waals surface area contributed by atoms with Gasteiger partial charge in [0.25, 0.3) is 0 Å². The first-order valence-corrected chi connectivity index (χ1v) is 13.6. The SMILES string of the molecule is Cc1ccc(N(CC(=O)N(Cc2cccc(C)c2)[C@H](C)C(=O)NC2CCCC2)S(C)(=O)=O)cc1. The number of hydrogen-bond donors (Lipinski definition) is 1. The van der Waals surface area contributed by atoms with Crippen molar-refractivity contribution >= 4 is 27.5 Å². The van der Waals surface area contributed by atoms with Gasteiger partial charge in [0.05, 0.1) is 11.9 Å². The van der Waals surface area contributed by atoms with Crippen molar-refractivity contribution in [2.45, 2.75) is 65.1 Å². The van der Waals surface area contributed by atoms with Crippen molar-refractivity contribution in [1.29, 1.82) is 0 Å². The highest BCUT2D eigenvalue weighted by atomic mass is 32.2. The van der Waals surface area contributed by atoms with E-state index in [0.717, 1.165) is 52.9 Å². The molecule has 0 saturated heterocycles. The molecule has 0 aromatic heterocycles. The molecule has 1 atom stereocenters. The van der Waals surface area contributed by atoms with Gasteiger partial charge in [0, 0.05) is 12.6 Å². The molecule has 0 radical (unpaired) electrons. The van der Waals surface area contributed by atoms with Gasteiger partial charge in [-0.2, -0.15) is 0 Å². The Morgan fingerprint density at radius 2 is 1.68 bits per heavy atom. The Morgan fingerprint density at radius 3 is 2.26 bits per heavy atom. The Labute approximate surface area is 203 Å². The Balaban J connectivity index is 1.87. The van der Waals surface area contributed by atoms with Gasteiger partial charge in [-0.25, -0.2) is 8.42 Å². The van der Waals surface area contributed by atoms with Crippen LogP contribution < -0.4 is 9.62 Å². The lowest BCUT2D eigenvalue weighted by molar-refractivity contribution is -0.139. The second-order valence-electron chi connectivity index (χ2n) is 9.28. The van der Waals surface area contributed by atoms with E-state index in [2.05, 4.69) is 5.32 Å². The molecule has 8 heteroatoms. The van der Waals surface area contributed by atoms with Gasteiger partial charge in [0.15, 0.2) is 0 Å².